The standard InChI is InChI=1S/C41H27BN2O2Si/c1-3-13-28(14-4-1)47(29-15-5-2-6-16-29,44-34-20-10-7-17-30(34)31-25-26-43-27-35(31)44)39-24-23-38-40-41(39)46-37-22-12-9-19-33(37)42(40)32-18-8-11-21-36(32)45-38/h1-27H. The summed E-state index contributed by atoms with van der Waals surface area (Å²) in [5.74, 6) is 3.50. The summed E-state index contributed by atoms with van der Waals surface area (Å²) in [6.07, 6.45) is 3.93. The van der Waals surface area contributed by atoms with Crippen LogP contribution in [0.4, 0.5) is 0 Å². The van der Waals surface area contributed by atoms with Crippen molar-refractivity contribution in [3.8, 4) is 23.0 Å². The number of hydrogen-bond acceptors (Lipinski definition) is 3. The van der Waals surface area contributed by atoms with E-state index in [0.29, 0.717) is 0 Å². The first-order valence-electron chi connectivity index (χ1n) is 16.0. The second-order valence-corrected chi connectivity index (χ2v) is 15.8. The Kier molecular flexibility index (Phi) is 5.66. The topological polar surface area (TPSA) is 36.3 Å². The number of aromatic nitrogens is 2. The van der Waals surface area contributed by atoms with E-state index in [-0.39, 0.29) is 6.71 Å². The molecule has 0 atom stereocenters. The maximum absolute atomic E-state index is 7.17. The van der Waals surface area contributed by atoms with Gasteiger partial charge in [0, 0.05) is 33.1 Å². The summed E-state index contributed by atoms with van der Waals surface area (Å²) in [6, 6.07) is 54.3. The Morgan fingerprint density at radius 2 is 1.11 bits per heavy atom. The fourth-order valence-corrected chi connectivity index (χ4v) is 13.1. The second kappa shape index (κ2) is 10.1. The average Bonchev–Trinajstić information content (AvgIpc) is 3.48. The monoisotopic (exact) mass is 618 g/mol. The van der Waals surface area contributed by atoms with Gasteiger partial charge in [-0.1, -0.05) is 121 Å². The molecule has 6 heteroatoms. The molecule has 0 radical (unpaired) electrons. The molecule has 2 aliphatic rings. The number of fused-ring (bicyclic) bond motifs is 7. The van der Waals surface area contributed by atoms with Crippen LogP contribution in [0, 0.1) is 0 Å². The van der Waals surface area contributed by atoms with Gasteiger partial charge >= 0.3 is 0 Å². The third-order valence-corrected chi connectivity index (χ3v) is 14.6. The van der Waals surface area contributed by atoms with Crippen LogP contribution in [0.5, 0.6) is 23.0 Å². The van der Waals surface area contributed by atoms with E-state index in [4.69, 9.17) is 14.5 Å². The largest absolute Gasteiger partial charge is 0.458 e. The number of benzene rings is 6. The molecule has 2 aromatic heterocycles. The Bertz CT molecular complexity index is 2390. The predicted molar refractivity (Wildman–Crippen MR) is 194 cm³/mol. The van der Waals surface area contributed by atoms with E-state index in [1.54, 1.807) is 0 Å². The summed E-state index contributed by atoms with van der Waals surface area (Å²) in [5, 5.41) is 6.08. The van der Waals surface area contributed by atoms with Crippen LogP contribution in [-0.4, -0.2) is 24.2 Å². The van der Waals surface area contributed by atoms with Crippen molar-refractivity contribution in [2.45, 2.75) is 0 Å². The molecule has 0 bridgehead atoms. The van der Waals surface area contributed by atoms with Crippen LogP contribution in [0.3, 0.4) is 0 Å². The molecule has 0 aliphatic carbocycles. The quantitative estimate of drug-likeness (QED) is 0.195. The van der Waals surface area contributed by atoms with Crippen LogP contribution >= 0.6 is 0 Å². The van der Waals surface area contributed by atoms with Crippen LogP contribution in [0.2, 0.25) is 0 Å². The van der Waals surface area contributed by atoms with Crippen LogP contribution in [0.1, 0.15) is 0 Å². The zero-order chi connectivity index (χ0) is 31.0. The lowest BCUT2D eigenvalue weighted by atomic mass is 9.35. The Hall–Kier alpha value is -5.85. The average molecular weight is 619 g/mol. The lowest BCUT2D eigenvalue weighted by Crippen LogP contribution is -2.73. The molecule has 0 amide bonds. The summed E-state index contributed by atoms with van der Waals surface area (Å²) >= 11 is 0. The molecule has 220 valence electrons. The van der Waals surface area contributed by atoms with Crippen molar-refractivity contribution in [3.05, 3.63) is 164 Å². The van der Waals surface area contributed by atoms with Gasteiger partial charge in [-0.25, -0.2) is 0 Å². The van der Waals surface area contributed by atoms with Gasteiger partial charge in [-0.15, -0.1) is 0 Å². The lowest BCUT2D eigenvalue weighted by Gasteiger charge is -2.40. The first-order valence-corrected chi connectivity index (χ1v) is 17.9. The zero-order valence-electron chi connectivity index (χ0n) is 25.4. The van der Waals surface area contributed by atoms with E-state index in [9.17, 15) is 0 Å². The Labute approximate surface area is 273 Å². The molecular weight excluding hydrogens is 591 g/mol. The highest BCUT2D eigenvalue weighted by molar-refractivity contribution is 7.12. The smallest absolute Gasteiger partial charge is 0.261 e. The highest BCUT2D eigenvalue weighted by Crippen LogP contribution is 2.37. The van der Waals surface area contributed by atoms with Gasteiger partial charge in [0.05, 0.1) is 11.7 Å². The molecular formula is C41H27BN2O2Si. The number of rotatable bonds is 4. The summed E-state index contributed by atoms with van der Waals surface area (Å²) in [4.78, 5) is 4.70. The molecule has 0 saturated carbocycles. The van der Waals surface area contributed by atoms with Gasteiger partial charge in [-0.2, -0.15) is 0 Å². The van der Waals surface area contributed by atoms with E-state index in [1.165, 1.54) is 31.8 Å². The van der Waals surface area contributed by atoms with E-state index < -0.39 is 8.24 Å². The summed E-state index contributed by atoms with van der Waals surface area (Å²) in [7, 11) is -3.21. The fourth-order valence-electron chi connectivity index (χ4n) is 8.06. The normalized spacial score (nSPS) is 13.0. The molecule has 0 spiro atoms. The first kappa shape index (κ1) is 26.4. The van der Waals surface area contributed by atoms with Crippen LogP contribution in [-0.2, 0) is 0 Å². The maximum Gasteiger partial charge on any atom is 0.261 e. The zero-order valence-corrected chi connectivity index (χ0v) is 26.4. The molecule has 6 aromatic carbocycles. The van der Waals surface area contributed by atoms with Crippen molar-refractivity contribution in [3.63, 3.8) is 0 Å². The summed E-state index contributed by atoms with van der Waals surface area (Å²) in [5.41, 5.74) is 5.67. The fraction of sp³-hybridized carbons (Fsp3) is 0. The van der Waals surface area contributed by atoms with Crippen molar-refractivity contribution in [2.24, 2.45) is 0 Å². The van der Waals surface area contributed by atoms with E-state index in [1.807, 2.05) is 18.5 Å². The van der Waals surface area contributed by atoms with E-state index in [0.717, 1.165) is 44.9 Å². The molecule has 47 heavy (non-hydrogen) atoms. The molecule has 4 nitrogen and oxygen atoms in total. The second-order valence-electron chi connectivity index (χ2n) is 12.3. The van der Waals surface area contributed by atoms with Crippen LogP contribution in [0.15, 0.2) is 164 Å². The molecule has 0 fully saturated rings. The Morgan fingerprint density at radius 1 is 0.511 bits per heavy atom. The molecule has 0 saturated heterocycles. The number of para-hydroxylation sites is 3. The van der Waals surface area contributed by atoms with Gasteiger partial charge < -0.3 is 13.7 Å². The highest BCUT2D eigenvalue weighted by Gasteiger charge is 2.50. The minimum absolute atomic E-state index is 0.0205. The maximum atomic E-state index is 7.17. The summed E-state index contributed by atoms with van der Waals surface area (Å²) in [6.45, 7) is -0.0205. The highest BCUT2D eigenvalue weighted by atomic mass is 28.3. The SMILES string of the molecule is c1ccc([Si](c2ccccc2)(c2ccc3c4c2Oc2ccccc2B4c2ccccc2O3)n2c3ccccc3c3ccncc32)cc1. The minimum Gasteiger partial charge on any atom is -0.458 e. The molecule has 4 heterocycles. The number of ether oxygens (including phenoxy) is 2. The van der Waals surface area contributed by atoms with Gasteiger partial charge in [-0.05, 0) is 51.6 Å². The molecule has 0 unspecified atom stereocenters. The number of hydrogen-bond donors (Lipinski definition) is 0. The van der Waals surface area contributed by atoms with Gasteiger partial charge in [0.15, 0.2) is 0 Å². The Morgan fingerprint density at radius 3 is 1.83 bits per heavy atom. The van der Waals surface area contributed by atoms with Crippen molar-refractivity contribution < 1.29 is 9.47 Å². The van der Waals surface area contributed by atoms with Crippen molar-refractivity contribution in [1.29, 1.82) is 0 Å². The first-order chi connectivity index (χ1) is 23.3. The van der Waals surface area contributed by atoms with Crippen LogP contribution < -0.4 is 41.4 Å². The summed E-state index contributed by atoms with van der Waals surface area (Å²) < 4.78 is 16.5. The van der Waals surface area contributed by atoms with Crippen molar-refractivity contribution in [1.82, 2.24) is 9.22 Å². The lowest BCUT2D eigenvalue weighted by molar-refractivity contribution is 0.466. The third kappa shape index (κ3) is 3.61. The van der Waals surface area contributed by atoms with E-state index >= 15 is 0 Å². The molecule has 2 aliphatic heterocycles. The minimum atomic E-state index is -3.21. The van der Waals surface area contributed by atoms with Crippen molar-refractivity contribution in [2.75, 3.05) is 0 Å². The van der Waals surface area contributed by atoms with Gasteiger partial charge in [0.2, 0.25) is 0 Å². The Balaban J connectivity index is 1.41. The molecule has 8 aromatic rings. The van der Waals surface area contributed by atoms with Crippen LogP contribution in [0.25, 0.3) is 21.8 Å². The number of pyridine rings is 1. The van der Waals surface area contributed by atoms with Crippen molar-refractivity contribution >= 4 is 68.7 Å². The molecule has 10 rings (SSSR count). The predicted octanol–water partition coefficient (Wildman–Crippen LogP) is 5.43. The van der Waals surface area contributed by atoms with Gasteiger partial charge in [0.25, 0.3) is 14.9 Å². The van der Waals surface area contributed by atoms with E-state index in [2.05, 4.69) is 150 Å². The van der Waals surface area contributed by atoms with Gasteiger partial charge in [0.1, 0.15) is 23.0 Å². The molecule has 0 N–H and O–H groups in total. The third-order valence-electron chi connectivity index (χ3n) is 9.92. The van der Waals surface area contributed by atoms with Gasteiger partial charge in [-0.3, -0.25) is 4.98 Å². The number of nitrogens with zero attached hydrogens (tertiary/aromatic N) is 2.